The van der Waals surface area contributed by atoms with Crippen molar-refractivity contribution in [2.75, 3.05) is 42.3 Å². The van der Waals surface area contributed by atoms with Gasteiger partial charge in [-0.3, -0.25) is 4.72 Å². The van der Waals surface area contributed by atoms with Crippen molar-refractivity contribution in [2.45, 2.75) is 11.8 Å². The number of halogens is 3. The van der Waals surface area contributed by atoms with Gasteiger partial charge in [0, 0.05) is 37.6 Å². The lowest BCUT2D eigenvalue weighted by Gasteiger charge is -2.35. The molecule has 1 heterocycles. The van der Waals surface area contributed by atoms with Crippen LogP contribution in [-0.2, 0) is 10.0 Å². The number of nitrogens with zero attached hydrogens (tertiary/aromatic N) is 2. The van der Waals surface area contributed by atoms with Crippen molar-refractivity contribution in [1.29, 1.82) is 0 Å². The minimum atomic E-state index is -4.38. The molecule has 1 saturated heterocycles. The molecule has 0 aliphatic carbocycles. The summed E-state index contributed by atoms with van der Waals surface area (Å²) in [5.41, 5.74) is 1.16. The van der Waals surface area contributed by atoms with Crippen molar-refractivity contribution in [3.63, 3.8) is 0 Å². The lowest BCUT2D eigenvalue weighted by Crippen LogP contribution is -2.46. The van der Waals surface area contributed by atoms with Crippen LogP contribution >= 0.6 is 0 Å². The van der Waals surface area contributed by atoms with E-state index in [0.717, 1.165) is 38.4 Å². The largest absolute Gasteiger partial charge is 0.369 e. The lowest BCUT2D eigenvalue weighted by molar-refractivity contribution is 0.271. The van der Waals surface area contributed by atoms with Crippen molar-refractivity contribution < 1.29 is 21.6 Å². The van der Waals surface area contributed by atoms with Gasteiger partial charge >= 0.3 is 0 Å². The summed E-state index contributed by atoms with van der Waals surface area (Å²) in [5, 5.41) is 0. The second-order valence-electron chi connectivity index (χ2n) is 6.25. The number of sulfonamides is 1. The van der Waals surface area contributed by atoms with Gasteiger partial charge in [0.15, 0.2) is 17.5 Å². The molecule has 0 spiro atoms. The highest BCUT2D eigenvalue weighted by atomic mass is 32.2. The predicted molar refractivity (Wildman–Crippen MR) is 97.9 cm³/mol. The first-order chi connectivity index (χ1) is 12.8. The topological polar surface area (TPSA) is 52.6 Å². The number of hydrogen-bond acceptors (Lipinski definition) is 4. The molecule has 1 fully saturated rings. The highest BCUT2D eigenvalue weighted by Gasteiger charge is 2.24. The summed E-state index contributed by atoms with van der Waals surface area (Å²) in [6, 6.07) is 7.90. The minimum Gasteiger partial charge on any atom is -0.369 e. The van der Waals surface area contributed by atoms with E-state index in [0.29, 0.717) is 12.1 Å². The van der Waals surface area contributed by atoms with Crippen LogP contribution in [0.25, 0.3) is 0 Å². The van der Waals surface area contributed by atoms with Crippen molar-refractivity contribution in [1.82, 2.24) is 4.90 Å². The molecule has 1 aliphatic rings. The van der Waals surface area contributed by atoms with Crippen LogP contribution in [0.3, 0.4) is 0 Å². The summed E-state index contributed by atoms with van der Waals surface area (Å²) in [5.74, 6) is -5.01. The van der Waals surface area contributed by atoms with Crippen LogP contribution in [0.1, 0.15) is 6.92 Å². The number of anilines is 2. The quantitative estimate of drug-likeness (QED) is 0.786. The van der Waals surface area contributed by atoms with E-state index >= 15 is 0 Å². The molecule has 146 valence electrons. The Kier molecular flexibility index (Phi) is 5.61. The van der Waals surface area contributed by atoms with Gasteiger partial charge in [-0.05, 0) is 42.9 Å². The highest BCUT2D eigenvalue weighted by Crippen LogP contribution is 2.24. The van der Waals surface area contributed by atoms with Crippen LogP contribution in [0.15, 0.2) is 41.3 Å². The summed E-state index contributed by atoms with van der Waals surface area (Å²) >= 11 is 0. The molecule has 0 saturated carbocycles. The van der Waals surface area contributed by atoms with Crippen LogP contribution in [0.4, 0.5) is 24.5 Å². The van der Waals surface area contributed by atoms with Gasteiger partial charge in [0.25, 0.3) is 10.0 Å². The number of likely N-dealkylation sites (N-methyl/N-ethyl adjacent to an activating group) is 1. The third-order valence-corrected chi connectivity index (χ3v) is 5.99. The Hall–Kier alpha value is -2.26. The summed E-state index contributed by atoms with van der Waals surface area (Å²) in [6.07, 6.45) is 0. The molecule has 2 aromatic carbocycles. The maximum absolute atomic E-state index is 13.8. The fraction of sp³-hybridized carbons (Fsp3) is 0.333. The average Bonchev–Trinajstić information content (AvgIpc) is 2.66. The Morgan fingerprint density at radius 3 is 2.15 bits per heavy atom. The summed E-state index contributed by atoms with van der Waals surface area (Å²) in [6.45, 7) is 6.79. The third kappa shape index (κ3) is 4.19. The van der Waals surface area contributed by atoms with E-state index in [-0.39, 0.29) is 5.69 Å². The van der Waals surface area contributed by atoms with E-state index in [4.69, 9.17) is 0 Å². The van der Waals surface area contributed by atoms with Crippen LogP contribution in [0, 0.1) is 17.5 Å². The monoisotopic (exact) mass is 399 g/mol. The minimum absolute atomic E-state index is 0.204. The predicted octanol–water partition coefficient (Wildman–Crippen LogP) is 3.05. The zero-order valence-corrected chi connectivity index (χ0v) is 15.6. The molecule has 3 rings (SSSR count). The molecule has 0 radical (unpaired) electrons. The lowest BCUT2D eigenvalue weighted by atomic mass is 10.2. The number of nitrogens with one attached hydrogen (secondary N) is 1. The fourth-order valence-corrected chi connectivity index (χ4v) is 4.12. The van der Waals surface area contributed by atoms with Gasteiger partial charge in [0.05, 0.1) is 0 Å². The first kappa shape index (κ1) is 19.5. The maximum Gasteiger partial charge on any atom is 0.264 e. The molecule has 0 amide bonds. The SMILES string of the molecule is CCN1CCN(c2ccc(NS(=O)(=O)c3ccc(F)c(F)c3F)cc2)CC1. The molecular weight excluding hydrogens is 379 g/mol. The summed E-state index contributed by atoms with van der Waals surface area (Å²) < 4.78 is 66.9. The molecule has 2 aromatic rings. The smallest absolute Gasteiger partial charge is 0.264 e. The van der Waals surface area contributed by atoms with Gasteiger partial charge in [-0.2, -0.15) is 0 Å². The second-order valence-corrected chi connectivity index (χ2v) is 7.90. The van der Waals surface area contributed by atoms with Crippen LogP contribution in [0.2, 0.25) is 0 Å². The van der Waals surface area contributed by atoms with E-state index in [1.807, 2.05) is 0 Å². The average molecular weight is 399 g/mol. The first-order valence-electron chi connectivity index (χ1n) is 8.55. The highest BCUT2D eigenvalue weighted by molar-refractivity contribution is 7.92. The van der Waals surface area contributed by atoms with Gasteiger partial charge < -0.3 is 9.80 Å². The van der Waals surface area contributed by atoms with Crippen molar-refractivity contribution >= 4 is 21.4 Å². The normalized spacial score (nSPS) is 15.8. The van der Waals surface area contributed by atoms with Gasteiger partial charge in [0.2, 0.25) is 0 Å². The van der Waals surface area contributed by atoms with Gasteiger partial charge in [-0.15, -0.1) is 0 Å². The number of piperazine rings is 1. The molecule has 27 heavy (non-hydrogen) atoms. The zero-order chi connectivity index (χ0) is 19.6. The van der Waals surface area contributed by atoms with Crippen LogP contribution in [-0.4, -0.2) is 46.0 Å². The van der Waals surface area contributed by atoms with Crippen LogP contribution in [0.5, 0.6) is 0 Å². The Bertz CT molecular complexity index is 912. The first-order valence-corrected chi connectivity index (χ1v) is 10.0. The maximum atomic E-state index is 13.8. The Morgan fingerprint density at radius 2 is 1.56 bits per heavy atom. The van der Waals surface area contributed by atoms with E-state index < -0.39 is 32.4 Å². The molecule has 0 atom stereocenters. The molecule has 0 unspecified atom stereocenters. The Balaban J connectivity index is 1.74. The zero-order valence-electron chi connectivity index (χ0n) is 14.8. The number of benzene rings is 2. The second kappa shape index (κ2) is 7.77. The van der Waals surface area contributed by atoms with E-state index in [9.17, 15) is 21.6 Å². The van der Waals surface area contributed by atoms with Gasteiger partial charge in [-0.1, -0.05) is 6.92 Å². The number of hydrogen-bond donors (Lipinski definition) is 1. The molecule has 1 aliphatic heterocycles. The Morgan fingerprint density at radius 1 is 0.926 bits per heavy atom. The molecule has 0 aromatic heterocycles. The van der Waals surface area contributed by atoms with E-state index in [1.165, 1.54) is 0 Å². The van der Waals surface area contributed by atoms with E-state index in [1.54, 1.807) is 24.3 Å². The van der Waals surface area contributed by atoms with Crippen molar-refractivity contribution in [2.24, 2.45) is 0 Å². The number of rotatable bonds is 5. The standard InChI is InChI=1S/C18H20F3N3O2S/c1-2-23-9-11-24(12-10-23)14-5-3-13(4-6-14)22-27(25,26)16-8-7-15(19)17(20)18(16)21/h3-8,22H,2,9-12H2,1H3. The molecule has 0 bridgehead atoms. The fourth-order valence-electron chi connectivity index (χ4n) is 2.99. The molecule has 5 nitrogen and oxygen atoms in total. The van der Waals surface area contributed by atoms with Gasteiger partial charge in [-0.25, -0.2) is 21.6 Å². The molecular formula is C18H20F3N3O2S. The van der Waals surface area contributed by atoms with Gasteiger partial charge in [0.1, 0.15) is 4.90 Å². The van der Waals surface area contributed by atoms with E-state index in [2.05, 4.69) is 21.4 Å². The Labute approximate surface area is 156 Å². The van der Waals surface area contributed by atoms with Crippen LogP contribution < -0.4 is 9.62 Å². The summed E-state index contributed by atoms with van der Waals surface area (Å²) in [7, 11) is -4.38. The third-order valence-electron chi connectivity index (χ3n) is 4.59. The molecule has 1 N–H and O–H groups in total. The molecule has 9 heteroatoms. The van der Waals surface area contributed by atoms with Crippen molar-refractivity contribution in [3.05, 3.63) is 53.8 Å². The summed E-state index contributed by atoms with van der Waals surface area (Å²) in [4.78, 5) is 3.59. The van der Waals surface area contributed by atoms with Crippen molar-refractivity contribution in [3.8, 4) is 0 Å².